The molecule has 2 N–H and O–H groups in total. The van der Waals surface area contributed by atoms with Gasteiger partial charge in [0.05, 0.1) is 8.07 Å². The molecule has 6 aliphatic rings. The highest BCUT2D eigenvalue weighted by atomic mass is 31.1. The first-order valence-corrected chi connectivity index (χ1v) is 20.4. The molecule has 7 rings (SSSR count). The molecule has 2 nitrogen and oxygen atoms in total. The topological polar surface area (TPSA) is 24.1 Å². The summed E-state index contributed by atoms with van der Waals surface area (Å²) >= 11 is 0. The van der Waals surface area contributed by atoms with Crippen LogP contribution in [0.15, 0.2) is 18.2 Å². The van der Waals surface area contributed by atoms with Gasteiger partial charge in [-0.1, -0.05) is 50.9 Å². The second-order valence-electron chi connectivity index (χ2n) is 13.6. The molecule has 0 amide bonds. The molecule has 2 saturated heterocycles. The minimum atomic E-state index is -1.34. The summed E-state index contributed by atoms with van der Waals surface area (Å²) in [4.78, 5) is 0. The molecular formula is C29H48N2P2Si. The van der Waals surface area contributed by atoms with Gasteiger partial charge in [-0.05, 0) is 123 Å². The molecule has 4 aliphatic carbocycles. The van der Waals surface area contributed by atoms with Crippen molar-refractivity contribution in [1.29, 1.82) is 0 Å². The highest BCUT2D eigenvalue weighted by Gasteiger charge is 2.57. The first kappa shape index (κ1) is 24.5. The fourth-order valence-corrected chi connectivity index (χ4v) is 14.5. The highest BCUT2D eigenvalue weighted by molar-refractivity contribution is 7.58. The molecule has 0 radical (unpaired) electrons. The fourth-order valence-electron chi connectivity index (χ4n) is 9.19. The van der Waals surface area contributed by atoms with Crippen molar-refractivity contribution in [2.45, 2.75) is 101 Å². The molecule has 0 aromatic heterocycles. The lowest BCUT2D eigenvalue weighted by atomic mass is 9.43. The Balaban J connectivity index is 1.43. The van der Waals surface area contributed by atoms with Gasteiger partial charge in [0.15, 0.2) is 0 Å². The third-order valence-corrected chi connectivity index (χ3v) is 16.2. The minimum absolute atomic E-state index is 0.0755. The van der Waals surface area contributed by atoms with Gasteiger partial charge in [-0.2, -0.15) is 0 Å². The van der Waals surface area contributed by atoms with E-state index in [0.29, 0.717) is 5.41 Å². The molecule has 6 atom stereocenters. The average Bonchev–Trinajstić information content (AvgIpc) is 3.51. The molecule has 4 bridgehead atoms. The van der Waals surface area contributed by atoms with Crippen molar-refractivity contribution in [2.24, 2.45) is 23.7 Å². The van der Waals surface area contributed by atoms with Gasteiger partial charge in [0.1, 0.15) is 0 Å². The molecule has 1 aromatic rings. The summed E-state index contributed by atoms with van der Waals surface area (Å²) in [7, 11) is 1.78. The van der Waals surface area contributed by atoms with Crippen molar-refractivity contribution in [1.82, 2.24) is 10.6 Å². The Morgan fingerprint density at radius 3 is 2.15 bits per heavy atom. The van der Waals surface area contributed by atoms with Crippen LogP contribution in [0.1, 0.15) is 68.9 Å². The SMILES string of the molecule is C[Si](C)(C)c1ccc(C23CC4CC(CC(C4)C2CP)C3)c(CP(C2CCCN2)C2CCCN2)c1. The van der Waals surface area contributed by atoms with Crippen LogP contribution in [0.2, 0.25) is 19.6 Å². The lowest BCUT2D eigenvalue weighted by Crippen LogP contribution is -2.56. The molecule has 4 saturated carbocycles. The van der Waals surface area contributed by atoms with Gasteiger partial charge >= 0.3 is 0 Å². The standard InChI is InChI=1S/C29H48N2P2Si/c1-34(2,3)24-8-9-25(29-16-20-12-21(17-29)14-22(13-20)26(29)18-32)23(15-24)19-33(27-6-4-10-30-27)28-7-5-11-31-28/h8-9,15,20-22,26-28,30-31H,4-7,10-14,16-19,32H2,1-3H3. The monoisotopic (exact) mass is 514 g/mol. The molecule has 0 spiro atoms. The zero-order chi connectivity index (χ0) is 23.5. The Morgan fingerprint density at radius 1 is 0.971 bits per heavy atom. The first-order valence-electron chi connectivity index (χ1n) is 14.4. The molecule has 6 fully saturated rings. The van der Waals surface area contributed by atoms with Gasteiger partial charge in [0, 0.05) is 11.6 Å². The van der Waals surface area contributed by atoms with Crippen LogP contribution >= 0.6 is 17.2 Å². The van der Waals surface area contributed by atoms with Gasteiger partial charge < -0.3 is 10.6 Å². The van der Waals surface area contributed by atoms with Gasteiger partial charge in [-0.25, -0.2) is 0 Å². The highest BCUT2D eigenvalue weighted by Crippen LogP contribution is 2.65. The predicted octanol–water partition coefficient (Wildman–Crippen LogP) is 6.20. The van der Waals surface area contributed by atoms with Crippen LogP contribution in [0.4, 0.5) is 0 Å². The van der Waals surface area contributed by atoms with Gasteiger partial charge in [-0.15, -0.1) is 9.24 Å². The van der Waals surface area contributed by atoms with E-state index in [0.717, 1.165) is 35.2 Å². The van der Waals surface area contributed by atoms with E-state index >= 15 is 0 Å². The normalized spacial score (nSPS) is 40.2. The largest absolute Gasteiger partial charge is 0.310 e. The Kier molecular flexibility index (Phi) is 6.86. The molecule has 1 aromatic carbocycles. The van der Waals surface area contributed by atoms with E-state index in [1.807, 2.05) is 5.56 Å². The van der Waals surface area contributed by atoms with Crippen molar-refractivity contribution in [3.05, 3.63) is 29.3 Å². The molecular weight excluding hydrogens is 466 g/mol. The third-order valence-electron chi connectivity index (χ3n) is 10.5. The van der Waals surface area contributed by atoms with Crippen LogP contribution in [0, 0.1) is 23.7 Å². The molecule has 5 heteroatoms. The zero-order valence-electron chi connectivity index (χ0n) is 21.9. The van der Waals surface area contributed by atoms with E-state index in [-0.39, 0.29) is 7.92 Å². The van der Waals surface area contributed by atoms with Crippen molar-refractivity contribution >= 4 is 30.4 Å². The summed E-state index contributed by atoms with van der Waals surface area (Å²) < 4.78 is 0. The maximum atomic E-state index is 3.97. The zero-order valence-corrected chi connectivity index (χ0v) is 25.0. The first-order chi connectivity index (χ1) is 16.4. The van der Waals surface area contributed by atoms with Crippen LogP contribution in [0.3, 0.4) is 0 Å². The Morgan fingerprint density at radius 2 is 1.62 bits per heavy atom. The van der Waals surface area contributed by atoms with Crippen molar-refractivity contribution in [2.75, 3.05) is 19.3 Å². The summed E-state index contributed by atoms with van der Waals surface area (Å²) in [5.74, 6) is 5.42. The number of nitrogens with one attached hydrogen (secondary N) is 2. The van der Waals surface area contributed by atoms with Crippen LogP contribution < -0.4 is 15.8 Å². The Bertz CT molecular complexity index is 857. The van der Waals surface area contributed by atoms with Crippen molar-refractivity contribution < 1.29 is 0 Å². The number of rotatable bonds is 7. The average molecular weight is 515 g/mol. The quantitative estimate of drug-likeness (QED) is 0.334. The van der Waals surface area contributed by atoms with Crippen LogP contribution in [-0.4, -0.2) is 38.9 Å². The van der Waals surface area contributed by atoms with Crippen LogP contribution in [-0.2, 0) is 11.6 Å². The van der Waals surface area contributed by atoms with E-state index in [2.05, 4.69) is 57.7 Å². The summed E-state index contributed by atoms with van der Waals surface area (Å²) in [5.41, 5.74) is 4.08. The third kappa shape index (κ3) is 4.32. The number of hydrogen-bond donors (Lipinski definition) is 2. The van der Waals surface area contributed by atoms with Gasteiger partial charge in [-0.3, -0.25) is 0 Å². The second-order valence-corrected chi connectivity index (χ2v) is 21.8. The Hall–Kier alpha value is 0.217. The summed E-state index contributed by atoms with van der Waals surface area (Å²) in [6.07, 6.45) is 15.8. The van der Waals surface area contributed by atoms with E-state index in [1.54, 1.807) is 10.8 Å². The maximum Gasteiger partial charge on any atom is 0.0776 e. The van der Waals surface area contributed by atoms with E-state index < -0.39 is 8.07 Å². The number of benzene rings is 1. The number of hydrogen-bond acceptors (Lipinski definition) is 2. The van der Waals surface area contributed by atoms with E-state index in [4.69, 9.17) is 0 Å². The molecule has 2 aliphatic heterocycles. The molecule has 2 heterocycles. The smallest absolute Gasteiger partial charge is 0.0776 e. The minimum Gasteiger partial charge on any atom is -0.310 e. The Labute approximate surface area is 213 Å². The van der Waals surface area contributed by atoms with Crippen LogP contribution in [0.25, 0.3) is 0 Å². The van der Waals surface area contributed by atoms with E-state index in [9.17, 15) is 0 Å². The van der Waals surface area contributed by atoms with E-state index in [1.165, 1.54) is 83.2 Å². The lowest BCUT2D eigenvalue weighted by molar-refractivity contribution is -0.0520. The summed E-state index contributed by atoms with van der Waals surface area (Å²) in [5, 5.41) is 9.62. The lowest BCUT2D eigenvalue weighted by Gasteiger charge is -2.62. The summed E-state index contributed by atoms with van der Waals surface area (Å²) in [6.45, 7) is 10.1. The predicted molar refractivity (Wildman–Crippen MR) is 155 cm³/mol. The molecule has 6 unspecified atom stereocenters. The van der Waals surface area contributed by atoms with Gasteiger partial charge in [0.2, 0.25) is 0 Å². The molecule has 34 heavy (non-hydrogen) atoms. The fraction of sp³-hybridized carbons (Fsp3) is 0.793. The van der Waals surface area contributed by atoms with Crippen LogP contribution in [0.5, 0.6) is 0 Å². The molecule has 188 valence electrons. The van der Waals surface area contributed by atoms with Crippen molar-refractivity contribution in [3.63, 3.8) is 0 Å². The van der Waals surface area contributed by atoms with Crippen molar-refractivity contribution in [3.8, 4) is 0 Å². The maximum absolute atomic E-state index is 3.97. The van der Waals surface area contributed by atoms with Gasteiger partial charge in [0.25, 0.3) is 0 Å². The second kappa shape index (κ2) is 9.51. The summed E-state index contributed by atoms with van der Waals surface area (Å²) in [6, 6.07) is 8.05.